The number of rotatable bonds is 3. The molecule has 1 aliphatic heterocycles. The molecule has 1 fully saturated rings. The van der Waals surface area contributed by atoms with Crippen LogP contribution in [0.5, 0.6) is 0 Å². The normalized spacial score (nSPS) is 20.4. The number of carbonyl (C=O) groups is 1. The first-order chi connectivity index (χ1) is 11.7. The number of fused-ring (bicyclic) bond motifs is 1. The van der Waals surface area contributed by atoms with Gasteiger partial charge in [0.1, 0.15) is 11.9 Å². The highest BCUT2D eigenvalue weighted by Crippen LogP contribution is 2.23. The molecule has 2 atom stereocenters. The molecule has 0 bridgehead atoms. The number of anilines is 1. The van der Waals surface area contributed by atoms with Crippen LogP contribution in [0.3, 0.4) is 0 Å². The van der Waals surface area contributed by atoms with Gasteiger partial charge in [0.05, 0.1) is 5.52 Å². The molecule has 0 aliphatic carbocycles. The van der Waals surface area contributed by atoms with Crippen LogP contribution in [0, 0.1) is 5.82 Å². The van der Waals surface area contributed by atoms with Crippen LogP contribution in [-0.4, -0.2) is 21.6 Å². The Labute approximate surface area is 137 Å². The van der Waals surface area contributed by atoms with Crippen molar-refractivity contribution in [3.8, 4) is 0 Å². The number of nitrogens with one attached hydrogen (secondary N) is 3. The van der Waals surface area contributed by atoms with Gasteiger partial charge in [-0.15, -0.1) is 0 Å². The Morgan fingerprint density at radius 1 is 1.21 bits per heavy atom. The lowest BCUT2D eigenvalue weighted by atomic mass is 10.0. The SMILES string of the molecule is O=C(Nc1ccn2nccc2c1)C1CC(c2ccc(F)cc2)NN1. The third-order valence-electron chi connectivity index (χ3n) is 4.16. The van der Waals surface area contributed by atoms with Crippen LogP contribution in [0.2, 0.25) is 0 Å². The van der Waals surface area contributed by atoms with E-state index in [2.05, 4.69) is 21.3 Å². The highest BCUT2D eigenvalue weighted by Gasteiger charge is 2.30. The van der Waals surface area contributed by atoms with Crippen LogP contribution in [0.15, 0.2) is 54.9 Å². The summed E-state index contributed by atoms with van der Waals surface area (Å²) in [6.45, 7) is 0. The Balaban J connectivity index is 1.42. The minimum atomic E-state index is -0.360. The van der Waals surface area contributed by atoms with Crippen molar-refractivity contribution < 1.29 is 9.18 Å². The number of benzene rings is 1. The molecule has 2 aromatic heterocycles. The highest BCUT2D eigenvalue weighted by atomic mass is 19.1. The lowest BCUT2D eigenvalue weighted by molar-refractivity contribution is -0.117. The predicted octanol–water partition coefficient (Wildman–Crippen LogP) is 2.02. The summed E-state index contributed by atoms with van der Waals surface area (Å²) in [6.07, 6.45) is 4.09. The molecular formula is C17H16FN5O. The van der Waals surface area contributed by atoms with Crippen LogP contribution in [0.4, 0.5) is 10.1 Å². The molecule has 7 heteroatoms. The van der Waals surface area contributed by atoms with E-state index in [1.807, 2.05) is 12.1 Å². The van der Waals surface area contributed by atoms with Crippen LogP contribution in [-0.2, 0) is 4.79 Å². The van der Waals surface area contributed by atoms with Gasteiger partial charge in [-0.25, -0.2) is 19.8 Å². The average Bonchev–Trinajstić information content (AvgIpc) is 3.24. The second-order valence-electron chi connectivity index (χ2n) is 5.79. The Hall–Kier alpha value is -2.77. The summed E-state index contributed by atoms with van der Waals surface area (Å²) in [6, 6.07) is 11.4. The van der Waals surface area contributed by atoms with E-state index < -0.39 is 0 Å². The topological polar surface area (TPSA) is 70.5 Å². The first kappa shape index (κ1) is 14.8. The minimum Gasteiger partial charge on any atom is -0.325 e. The quantitative estimate of drug-likeness (QED) is 0.689. The number of hydrogen-bond donors (Lipinski definition) is 3. The number of aromatic nitrogens is 2. The van der Waals surface area contributed by atoms with E-state index in [4.69, 9.17) is 0 Å². The molecular weight excluding hydrogens is 309 g/mol. The van der Waals surface area contributed by atoms with Crippen LogP contribution in [0.1, 0.15) is 18.0 Å². The summed E-state index contributed by atoms with van der Waals surface area (Å²) >= 11 is 0. The lowest BCUT2D eigenvalue weighted by Gasteiger charge is -2.11. The molecule has 0 radical (unpaired) electrons. The molecule has 1 saturated heterocycles. The van der Waals surface area contributed by atoms with Crippen molar-refractivity contribution in [1.82, 2.24) is 20.5 Å². The predicted molar refractivity (Wildman–Crippen MR) is 87.6 cm³/mol. The van der Waals surface area contributed by atoms with Gasteiger partial charge >= 0.3 is 0 Å². The van der Waals surface area contributed by atoms with Gasteiger partial charge in [0.2, 0.25) is 5.91 Å². The van der Waals surface area contributed by atoms with Gasteiger partial charge < -0.3 is 5.32 Å². The summed E-state index contributed by atoms with van der Waals surface area (Å²) in [5.41, 5.74) is 8.66. The first-order valence-electron chi connectivity index (χ1n) is 7.70. The number of amides is 1. The fraction of sp³-hybridized carbons (Fsp3) is 0.176. The Bertz CT molecular complexity index is 876. The molecule has 24 heavy (non-hydrogen) atoms. The van der Waals surface area contributed by atoms with E-state index in [0.29, 0.717) is 6.42 Å². The smallest absolute Gasteiger partial charge is 0.242 e. The van der Waals surface area contributed by atoms with Gasteiger partial charge in [0, 0.05) is 24.1 Å². The summed E-state index contributed by atoms with van der Waals surface area (Å²) in [7, 11) is 0. The molecule has 3 N–H and O–H groups in total. The molecule has 3 aromatic rings. The summed E-state index contributed by atoms with van der Waals surface area (Å²) in [5.74, 6) is -0.384. The Morgan fingerprint density at radius 2 is 2.04 bits per heavy atom. The van der Waals surface area contributed by atoms with Gasteiger partial charge in [0.25, 0.3) is 0 Å². The van der Waals surface area contributed by atoms with Crippen molar-refractivity contribution in [2.45, 2.75) is 18.5 Å². The van der Waals surface area contributed by atoms with Crippen LogP contribution < -0.4 is 16.2 Å². The minimum absolute atomic E-state index is 0.0290. The van der Waals surface area contributed by atoms with Crippen LogP contribution >= 0.6 is 0 Å². The summed E-state index contributed by atoms with van der Waals surface area (Å²) < 4.78 is 14.7. The lowest BCUT2D eigenvalue weighted by Crippen LogP contribution is -2.39. The molecule has 0 spiro atoms. The zero-order valence-electron chi connectivity index (χ0n) is 12.7. The van der Waals surface area contributed by atoms with E-state index in [-0.39, 0.29) is 23.8 Å². The molecule has 0 saturated carbocycles. The fourth-order valence-electron chi connectivity index (χ4n) is 2.87. The van der Waals surface area contributed by atoms with Crippen LogP contribution in [0.25, 0.3) is 5.52 Å². The number of hydrazine groups is 1. The standard InChI is InChI=1S/C17H16FN5O/c18-12-3-1-11(2-4-12)15-10-16(22-21-15)17(24)20-13-6-8-23-14(9-13)5-7-19-23/h1-9,15-16,21-22H,10H2,(H,20,24). The molecule has 4 rings (SSSR count). The average molecular weight is 325 g/mol. The Kier molecular flexibility index (Phi) is 3.72. The number of pyridine rings is 1. The van der Waals surface area contributed by atoms with Crippen molar-refractivity contribution in [3.63, 3.8) is 0 Å². The Morgan fingerprint density at radius 3 is 2.88 bits per heavy atom. The molecule has 122 valence electrons. The number of hydrogen-bond acceptors (Lipinski definition) is 4. The maximum absolute atomic E-state index is 13.0. The van der Waals surface area contributed by atoms with Gasteiger partial charge in [-0.1, -0.05) is 12.1 Å². The highest BCUT2D eigenvalue weighted by molar-refractivity contribution is 5.95. The van der Waals surface area contributed by atoms with Crippen molar-refractivity contribution in [2.75, 3.05) is 5.32 Å². The van der Waals surface area contributed by atoms with Gasteiger partial charge in [0.15, 0.2) is 0 Å². The van der Waals surface area contributed by atoms with E-state index in [1.54, 1.807) is 35.1 Å². The molecule has 1 aromatic carbocycles. The molecule has 6 nitrogen and oxygen atoms in total. The van der Waals surface area contributed by atoms with Gasteiger partial charge in [-0.3, -0.25) is 4.79 Å². The number of halogens is 1. The zero-order chi connectivity index (χ0) is 16.5. The molecule has 2 unspecified atom stereocenters. The van der Waals surface area contributed by atoms with Crippen molar-refractivity contribution in [3.05, 3.63) is 66.2 Å². The zero-order valence-corrected chi connectivity index (χ0v) is 12.7. The molecule has 1 amide bonds. The molecule has 1 aliphatic rings. The van der Waals surface area contributed by atoms with Crippen molar-refractivity contribution >= 4 is 17.1 Å². The third kappa shape index (κ3) is 2.86. The maximum atomic E-state index is 13.0. The summed E-state index contributed by atoms with van der Waals surface area (Å²) in [4.78, 5) is 12.4. The first-order valence-corrected chi connectivity index (χ1v) is 7.70. The number of nitrogens with zero attached hydrogens (tertiary/aromatic N) is 2. The van der Waals surface area contributed by atoms with E-state index in [0.717, 1.165) is 16.8 Å². The second-order valence-corrected chi connectivity index (χ2v) is 5.79. The van der Waals surface area contributed by atoms with Gasteiger partial charge in [-0.2, -0.15) is 5.10 Å². The van der Waals surface area contributed by atoms with E-state index in [9.17, 15) is 9.18 Å². The summed E-state index contributed by atoms with van der Waals surface area (Å²) in [5, 5.41) is 7.03. The van der Waals surface area contributed by atoms with Crippen molar-refractivity contribution in [2.24, 2.45) is 0 Å². The fourth-order valence-corrected chi connectivity index (χ4v) is 2.87. The maximum Gasteiger partial charge on any atom is 0.242 e. The largest absolute Gasteiger partial charge is 0.325 e. The van der Waals surface area contributed by atoms with E-state index in [1.165, 1.54) is 12.1 Å². The second kappa shape index (κ2) is 6.03. The monoisotopic (exact) mass is 325 g/mol. The molecule has 3 heterocycles. The van der Waals surface area contributed by atoms with Gasteiger partial charge in [-0.05, 0) is 42.3 Å². The number of carbonyl (C=O) groups excluding carboxylic acids is 1. The third-order valence-corrected chi connectivity index (χ3v) is 4.16. The van der Waals surface area contributed by atoms with Crippen molar-refractivity contribution in [1.29, 1.82) is 0 Å². The van der Waals surface area contributed by atoms with E-state index >= 15 is 0 Å².